The highest BCUT2D eigenvalue weighted by atomic mass is 16.5. The van der Waals surface area contributed by atoms with Gasteiger partial charge in [-0.25, -0.2) is 9.59 Å². The van der Waals surface area contributed by atoms with Gasteiger partial charge in [-0.2, -0.15) is 0 Å². The molecule has 0 heterocycles. The molecule has 0 saturated carbocycles. The fourth-order valence-electron chi connectivity index (χ4n) is 2.81. The number of aryl methyl sites for hydroxylation is 2. The lowest BCUT2D eigenvalue weighted by molar-refractivity contribution is 0.0651. The van der Waals surface area contributed by atoms with Gasteiger partial charge in [0.2, 0.25) is 0 Å². The van der Waals surface area contributed by atoms with Crippen LogP contribution < -0.4 is 10.1 Å². The first-order valence-corrected chi connectivity index (χ1v) is 9.02. The highest BCUT2D eigenvalue weighted by Crippen LogP contribution is 2.27. The lowest BCUT2D eigenvalue weighted by Crippen LogP contribution is -2.12. The van der Waals surface area contributed by atoms with Gasteiger partial charge in [0.1, 0.15) is 11.5 Å². The maximum absolute atomic E-state index is 12.5. The molecular formula is C23H19NO6. The molecule has 0 bridgehead atoms. The van der Waals surface area contributed by atoms with E-state index in [0.29, 0.717) is 17.0 Å². The van der Waals surface area contributed by atoms with Gasteiger partial charge in [0.15, 0.2) is 0 Å². The predicted octanol–water partition coefficient (Wildman–Crippen LogP) is 4.74. The van der Waals surface area contributed by atoms with Crippen LogP contribution >= 0.6 is 0 Å². The number of carbonyl (C=O) groups is 3. The summed E-state index contributed by atoms with van der Waals surface area (Å²) in [5.74, 6) is -2.46. The molecule has 3 rings (SSSR count). The second kappa shape index (κ2) is 8.48. The van der Waals surface area contributed by atoms with Crippen LogP contribution in [0.15, 0.2) is 60.7 Å². The Kier molecular flexibility index (Phi) is 5.83. The molecule has 0 aromatic heterocycles. The summed E-state index contributed by atoms with van der Waals surface area (Å²) in [6.45, 7) is 3.90. The van der Waals surface area contributed by atoms with Crippen molar-refractivity contribution in [2.45, 2.75) is 13.8 Å². The topological polar surface area (TPSA) is 113 Å². The summed E-state index contributed by atoms with van der Waals surface area (Å²) < 4.78 is 5.66. The van der Waals surface area contributed by atoms with Crippen molar-refractivity contribution in [3.05, 3.63) is 88.5 Å². The molecule has 7 nitrogen and oxygen atoms in total. The van der Waals surface area contributed by atoms with E-state index in [0.717, 1.165) is 17.2 Å². The third-order valence-corrected chi connectivity index (χ3v) is 4.55. The minimum absolute atomic E-state index is 0.162. The maximum Gasteiger partial charge on any atom is 0.336 e. The van der Waals surface area contributed by atoms with Crippen LogP contribution in [-0.4, -0.2) is 28.1 Å². The third-order valence-electron chi connectivity index (χ3n) is 4.55. The maximum atomic E-state index is 12.5. The zero-order chi connectivity index (χ0) is 21.8. The number of hydrogen-bond donors (Lipinski definition) is 3. The van der Waals surface area contributed by atoms with Crippen molar-refractivity contribution in [2.75, 3.05) is 5.32 Å². The highest BCUT2D eigenvalue weighted by Gasteiger charge is 2.17. The van der Waals surface area contributed by atoms with E-state index in [-0.39, 0.29) is 22.8 Å². The average Bonchev–Trinajstić information content (AvgIpc) is 2.70. The number of carbonyl (C=O) groups excluding carboxylic acids is 1. The molecule has 30 heavy (non-hydrogen) atoms. The van der Waals surface area contributed by atoms with E-state index in [4.69, 9.17) is 9.84 Å². The molecular weight excluding hydrogens is 386 g/mol. The van der Waals surface area contributed by atoms with Gasteiger partial charge in [-0.3, -0.25) is 4.79 Å². The molecule has 0 unspecified atom stereocenters. The van der Waals surface area contributed by atoms with Gasteiger partial charge in [-0.05, 0) is 67.4 Å². The standard InChI is InChI=1S/C23H19NO6/c1-13-6-7-15(10-14(13)2)21(25)24-16-4-3-5-17(11-16)30-18-8-9-19(22(26)27)20(12-18)23(28)29/h3-12H,1-2H3,(H,24,25)(H,26,27)(H,28,29). The van der Waals surface area contributed by atoms with Crippen LogP contribution in [0.1, 0.15) is 42.2 Å². The fraction of sp³-hybridized carbons (Fsp3) is 0.0870. The van der Waals surface area contributed by atoms with Crippen molar-refractivity contribution in [1.82, 2.24) is 0 Å². The van der Waals surface area contributed by atoms with Gasteiger partial charge < -0.3 is 20.3 Å². The Morgan fingerprint density at radius 2 is 1.47 bits per heavy atom. The van der Waals surface area contributed by atoms with E-state index < -0.39 is 11.9 Å². The minimum Gasteiger partial charge on any atom is -0.478 e. The molecule has 1 amide bonds. The number of rotatable bonds is 6. The molecule has 0 aliphatic rings. The first-order valence-electron chi connectivity index (χ1n) is 9.02. The molecule has 0 radical (unpaired) electrons. The minimum atomic E-state index is -1.37. The third kappa shape index (κ3) is 4.64. The molecule has 0 aliphatic carbocycles. The lowest BCUT2D eigenvalue weighted by atomic mass is 10.1. The first kappa shape index (κ1) is 20.6. The quantitative estimate of drug-likeness (QED) is 0.546. The Hall–Kier alpha value is -4.13. The monoisotopic (exact) mass is 405 g/mol. The van der Waals surface area contributed by atoms with Gasteiger partial charge in [0.05, 0.1) is 11.1 Å². The molecule has 3 aromatic carbocycles. The van der Waals surface area contributed by atoms with Crippen molar-refractivity contribution in [3.63, 3.8) is 0 Å². The second-order valence-electron chi connectivity index (χ2n) is 6.70. The summed E-state index contributed by atoms with van der Waals surface area (Å²) in [4.78, 5) is 35.0. The lowest BCUT2D eigenvalue weighted by Gasteiger charge is -2.11. The summed E-state index contributed by atoms with van der Waals surface area (Å²) in [5.41, 5.74) is 2.43. The van der Waals surface area contributed by atoms with Crippen molar-refractivity contribution < 1.29 is 29.3 Å². The Bertz CT molecular complexity index is 1150. The number of benzene rings is 3. The van der Waals surface area contributed by atoms with Gasteiger partial charge in [-0.15, -0.1) is 0 Å². The number of amides is 1. The van der Waals surface area contributed by atoms with E-state index in [1.165, 1.54) is 12.1 Å². The van der Waals surface area contributed by atoms with Crippen LogP contribution in [0.3, 0.4) is 0 Å². The molecule has 0 fully saturated rings. The van der Waals surface area contributed by atoms with Crippen molar-refractivity contribution in [3.8, 4) is 11.5 Å². The van der Waals surface area contributed by atoms with Gasteiger partial charge in [0, 0.05) is 17.3 Å². The molecule has 3 aromatic rings. The van der Waals surface area contributed by atoms with Crippen molar-refractivity contribution in [2.24, 2.45) is 0 Å². The fourth-order valence-corrected chi connectivity index (χ4v) is 2.81. The number of anilines is 1. The molecule has 7 heteroatoms. The molecule has 0 atom stereocenters. The van der Waals surface area contributed by atoms with Crippen LogP contribution in [0.2, 0.25) is 0 Å². The Labute approximate surface area is 172 Å². The Balaban J connectivity index is 1.79. The largest absolute Gasteiger partial charge is 0.478 e. The zero-order valence-electron chi connectivity index (χ0n) is 16.3. The van der Waals surface area contributed by atoms with Gasteiger partial charge in [-0.1, -0.05) is 12.1 Å². The van der Waals surface area contributed by atoms with E-state index in [9.17, 15) is 19.5 Å². The Morgan fingerprint density at radius 1 is 0.767 bits per heavy atom. The summed E-state index contributed by atoms with van der Waals surface area (Å²) in [6, 6.07) is 15.7. The molecule has 0 spiro atoms. The predicted molar refractivity (Wildman–Crippen MR) is 111 cm³/mol. The normalized spacial score (nSPS) is 10.3. The number of ether oxygens (including phenoxy) is 1. The van der Waals surface area contributed by atoms with Crippen LogP contribution in [-0.2, 0) is 0 Å². The van der Waals surface area contributed by atoms with E-state index in [1.807, 2.05) is 26.0 Å². The number of nitrogens with one attached hydrogen (secondary N) is 1. The summed E-state index contributed by atoms with van der Waals surface area (Å²) in [5, 5.41) is 21.1. The second-order valence-corrected chi connectivity index (χ2v) is 6.70. The average molecular weight is 405 g/mol. The van der Waals surface area contributed by atoms with Gasteiger partial charge in [0.25, 0.3) is 5.91 Å². The number of aromatic carboxylic acids is 2. The molecule has 0 saturated heterocycles. The van der Waals surface area contributed by atoms with Crippen LogP contribution in [0.5, 0.6) is 11.5 Å². The van der Waals surface area contributed by atoms with Crippen LogP contribution in [0.25, 0.3) is 0 Å². The van der Waals surface area contributed by atoms with E-state index in [2.05, 4.69) is 5.32 Å². The molecule has 152 valence electrons. The van der Waals surface area contributed by atoms with Crippen molar-refractivity contribution in [1.29, 1.82) is 0 Å². The smallest absolute Gasteiger partial charge is 0.336 e. The van der Waals surface area contributed by atoms with Gasteiger partial charge >= 0.3 is 11.9 Å². The number of hydrogen-bond acceptors (Lipinski definition) is 4. The summed E-state index contributed by atoms with van der Waals surface area (Å²) in [6.07, 6.45) is 0. The van der Waals surface area contributed by atoms with E-state index >= 15 is 0 Å². The highest BCUT2D eigenvalue weighted by molar-refractivity contribution is 6.04. The SMILES string of the molecule is Cc1ccc(C(=O)Nc2cccc(Oc3ccc(C(=O)O)c(C(=O)O)c3)c2)cc1C. The zero-order valence-corrected chi connectivity index (χ0v) is 16.3. The first-order chi connectivity index (χ1) is 14.2. The van der Waals surface area contributed by atoms with Crippen LogP contribution in [0.4, 0.5) is 5.69 Å². The molecule has 3 N–H and O–H groups in total. The summed E-state index contributed by atoms with van der Waals surface area (Å²) >= 11 is 0. The number of carboxylic acid groups (broad SMARTS) is 2. The summed E-state index contributed by atoms with van der Waals surface area (Å²) in [7, 11) is 0. The molecule has 0 aliphatic heterocycles. The number of carboxylic acids is 2. The van der Waals surface area contributed by atoms with E-state index in [1.54, 1.807) is 30.3 Å². The van der Waals surface area contributed by atoms with Crippen molar-refractivity contribution >= 4 is 23.5 Å². The Morgan fingerprint density at radius 3 is 2.13 bits per heavy atom. The van der Waals surface area contributed by atoms with Crippen LogP contribution in [0, 0.1) is 13.8 Å².